The van der Waals surface area contributed by atoms with Crippen molar-refractivity contribution in [3.05, 3.63) is 34.9 Å². The summed E-state index contributed by atoms with van der Waals surface area (Å²) in [6.07, 6.45) is -2.08. The first kappa shape index (κ1) is 37.6. The maximum Gasteiger partial charge on any atom is 0.410 e. The summed E-state index contributed by atoms with van der Waals surface area (Å²) in [5, 5.41) is 15.3. The van der Waals surface area contributed by atoms with E-state index in [2.05, 4.69) is 17.2 Å². The smallest absolute Gasteiger partial charge is 0.410 e. The predicted molar refractivity (Wildman–Crippen MR) is 163 cm³/mol. The lowest BCUT2D eigenvalue weighted by molar-refractivity contribution is -0.148. The Morgan fingerprint density at radius 1 is 1.13 bits per heavy atom. The minimum absolute atomic E-state index is 0.000851. The molecule has 0 spiro atoms. The van der Waals surface area contributed by atoms with E-state index in [4.69, 9.17) is 40.0 Å². The molecule has 0 saturated carbocycles. The third kappa shape index (κ3) is 9.45. The van der Waals surface area contributed by atoms with Crippen LogP contribution in [0.2, 0.25) is 5.02 Å². The van der Waals surface area contributed by atoms with Crippen LogP contribution in [0.15, 0.2) is 24.3 Å². The number of nitrogens with zero attached hydrogens (tertiary/aromatic N) is 1. The molecule has 0 saturated heterocycles. The van der Waals surface area contributed by atoms with Crippen LogP contribution in [0, 0.1) is 0 Å². The van der Waals surface area contributed by atoms with Crippen molar-refractivity contribution in [1.82, 2.24) is 15.5 Å². The zero-order valence-corrected chi connectivity index (χ0v) is 27.9. The number of likely N-dealkylation sites (N-methyl/N-ethyl adjacent to an activating group) is 1. The number of carboxylic acid groups (broad SMARTS) is 1. The SMILES string of the molecule is C=C(C)[C@@H]1NC(=O)C(N(C)C(=O)OC(C)(C)C)[C@@H](OCOC)c2cc(Cl)c(OCOC)c(c2)O[C@](C)(CC)[C@@H](C(=O)O)NC1=O. The van der Waals surface area contributed by atoms with Crippen LogP contribution in [0.25, 0.3) is 0 Å². The van der Waals surface area contributed by atoms with Crippen molar-refractivity contribution >= 4 is 35.5 Å². The van der Waals surface area contributed by atoms with Gasteiger partial charge in [0.25, 0.3) is 0 Å². The maximum atomic E-state index is 14.1. The Balaban J connectivity index is 2.98. The second-order valence-electron chi connectivity index (χ2n) is 11.7. The average Bonchev–Trinajstić information content (AvgIpc) is 2.94. The molecule has 0 fully saturated rings. The molecule has 45 heavy (non-hydrogen) atoms. The van der Waals surface area contributed by atoms with Gasteiger partial charge in [0, 0.05) is 21.3 Å². The molecule has 1 aromatic rings. The van der Waals surface area contributed by atoms with Crippen LogP contribution in [0.5, 0.6) is 11.5 Å². The maximum absolute atomic E-state index is 14.1. The van der Waals surface area contributed by atoms with Gasteiger partial charge in [-0.05, 0) is 64.3 Å². The highest BCUT2D eigenvalue weighted by Gasteiger charge is 2.46. The Morgan fingerprint density at radius 3 is 2.27 bits per heavy atom. The van der Waals surface area contributed by atoms with Crippen molar-refractivity contribution in [3.8, 4) is 11.5 Å². The molecule has 5 atom stereocenters. The molecule has 2 rings (SSSR count). The molecule has 15 heteroatoms. The summed E-state index contributed by atoms with van der Waals surface area (Å²) in [7, 11) is 4.10. The number of carbonyl (C=O) groups is 4. The lowest BCUT2D eigenvalue weighted by Crippen LogP contribution is -2.62. The van der Waals surface area contributed by atoms with Crippen LogP contribution in [-0.2, 0) is 33.3 Å². The molecule has 14 nitrogen and oxygen atoms in total. The van der Waals surface area contributed by atoms with E-state index in [0.717, 1.165) is 4.90 Å². The van der Waals surface area contributed by atoms with E-state index < -0.39 is 59.3 Å². The van der Waals surface area contributed by atoms with E-state index >= 15 is 0 Å². The highest BCUT2D eigenvalue weighted by molar-refractivity contribution is 6.32. The van der Waals surface area contributed by atoms with Gasteiger partial charge in [-0.1, -0.05) is 25.1 Å². The Hall–Kier alpha value is -3.59. The number of carbonyl (C=O) groups excluding carboxylic acids is 3. The molecule has 252 valence electrons. The normalized spacial score (nSPS) is 24.0. The minimum Gasteiger partial charge on any atom is -0.481 e. The van der Waals surface area contributed by atoms with Crippen LogP contribution >= 0.6 is 11.6 Å². The molecule has 1 aliphatic heterocycles. The summed E-state index contributed by atoms with van der Waals surface area (Å²) in [4.78, 5) is 54.6. The largest absolute Gasteiger partial charge is 0.481 e. The number of aliphatic carboxylic acids is 1. The third-order valence-electron chi connectivity index (χ3n) is 6.93. The number of benzene rings is 1. The molecular formula is C30H44ClN3O11. The number of carboxylic acids is 1. The number of fused-ring (bicyclic) bond motifs is 2. The van der Waals surface area contributed by atoms with Gasteiger partial charge in [0.15, 0.2) is 24.3 Å². The van der Waals surface area contributed by atoms with Gasteiger partial charge in [-0.3, -0.25) is 14.5 Å². The van der Waals surface area contributed by atoms with Crippen LogP contribution in [0.4, 0.5) is 4.79 Å². The standard InChI is InChI=1S/C30H44ClN3O11/c1-11-30(7)24(27(37)38)33-25(35)20(16(2)3)32-26(36)21(34(8)28(39)45-29(4,5)6)22(42-14-40-9)17-12-18(31)23(43-15-41-10)19(13-17)44-30/h12-13,20-22,24H,2,11,14-15H2,1,3-10H3,(H,32,36)(H,33,35)(H,37,38)/t20-,21?,22-,24+,30+/m0/s1. The van der Waals surface area contributed by atoms with Crippen molar-refractivity contribution in [2.24, 2.45) is 0 Å². The lowest BCUT2D eigenvalue weighted by atomic mass is 9.92. The number of methoxy groups -OCH3 is 2. The Morgan fingerprint density at radius 2 is 1.76 bits per heavy atom. The summed E-state index contributed by atoms with van der Waals surface area (Å²) in [6.45, 7) is 12.9. The van der Waals surface area contributed by atoms with Crippen molar-refractivity contribution in [2.45, 2.75) is 83.4 Å². The van der Waals surface area contributed by atoms with Gasteiger partial charge >= 0.3 is 12.1 Å². The van der Waals surface area contributed by atoms with Gasteiger partial charge in [0.1, 0.15) is 36.2 Å². The van der Waals surface area contributed by atoms with E-state index in [1.54, 1.807) is 27.7 Å². The lowest BCUT2D eigenvalue weighted by Gasteiger charge is -2.36. The molecule has 2 bridgehead atoms. The van der Waals surface area contributed by atoms with Gasteiger partial charge in [-0.25, -0.2) is 9.59 Å². The van der Waals surface area contributed by atoms with E-state index in [1.165, 1.54) is 47.2 Å². The summed E-state index contributed by atoms with van der Waals surface area (Å²) in [6, 6.07) is -1.63. The number of ether oxygens (including phenoxy) is 6. The fourth-order valence-corrected chi connectivity index (χ4v) is 4.76. The van der Waals surface area contributed by atoms with E-state index in [0.29, 0.717) is 0 Å². The van der Waals surface area contributed by atoms with Gasteiger partial charge in [0.05, 0.1) is 5.02 Å². The van der Waals surface area contributed by atoms with Crippen LogP contribution in [-0.4, -0.2) is 98.1 Å². The number of hydrogen-bond acceptors (Lipinski definition) is 10. The molecule has 1 heterocycles. The van der Waals surface area contributed by atoms with Crippen molar-refractivity contribution in [1.29, 1.82) is 0 Å². The van der Waals surface area contributed by atoms with Gasteiger partial charge in [-0.2, -0.15) is 0 Å². The van der Waals surface area contributed by atoms with Crippen molar-refractivity contribution in [2.75, 3.05) is 34.9 Å². The quantitative estimate of drug-likeness (QED) is 0.249. The molecule has 1 aromatic carbocycles. The van der Waals surface area contributed by atoms with Crippen molar-refractivity contribution < 1.29 is 52.7 Å². The first-order chi connectivity index (χ1) is 20.9. The molecule has 1 aliphatic rings. The number of halogens is 1. The zero-order valence-electron chi connectivity index (χ0n) is 27.1. The number of rotatable bonds is 10. The van der Waals surface area contributed by atoms with Crippen molar-refractivity contribution in [3.63, 3.8) is 0 Å². The summed E-state index contributed by atoms with van der Waals surface area (Å²) in [5.41, 5.74) is -2.09. The van der Waals surface area contributed by atoms with Crippen LogP contribution in [0.3, 0.4) is 0 Å². The Bertz CT molecular complexity index is 1270. The topological polar surface area (TPSA) is 171 Å². The molecule has 0 aromatic heterocycles. The summed E-state index contributed by atoms with van der Waals surface area (Å²) < 4.78 is 33.8. The second-order valence-corrected chi connectivity index (χ2v) is 12.2. The summed E-state index contributed by atoms with van der Waals surface area (Å²) in [5.74, 6) is -3.17. The molecule has 0 aliphatic carbocycles. The van der Waals surface area contributed by atoms with E-state index in [-0.39, 0.29) is 47.7 Å². The zero-order chi connectivity index (χ0) is 34.3. The monoisotopic (exact) mass is 657 g/mol. The fourth-order valence-electron chi connectivity index (χ4n) is 4.49. The van der Waals surface area contributed by atoms with E-state index in [1.807, 2.05) is 0 Å². The van der Waals surface area contributed by atoms with Gasteiger partial charge in [-0.15, -0.1) is 0 Å². The predicted octanol–water partition coefficient (Wildman–Crippen LogP) is 3.41. The average molecular weight is 658 g/mol. The van der Waals surface area contributed by atoms with Crippen LogP contribution < -0.4 is 20.1 Å². The molecule has 3 amide bonds. The molecule has 0 radical (unpaired) electrons. The molecule has 3 N–H and O–H groups in total. The fraction of sp³-hybridized carbons (Fsp3) is 0.600. The van der Waals surface area contributed by atoms with Gasteiger partial charge in [0.2, 0.25) is 11.8 Å². The highest BCUT2D eigenvalue weighted by Crippen LogP contribution is 2.43. The Kier molecular flexibility index (Phi) is 13.0. The first-order valence-electron chi connectivity index (χ1n) is 14.1. The Labute approximate surface area is 268 Å². The second kappa shape index (κ2) is 15.6. The first-order valence-corrected chi connectivity index (χ1v) is 14.5. The number of hydrogen-bond donors (Lipinski definition) is 3. The van der Waals surface area contributed by atoms with E-state index in [9.17, 15) is 24.3 Å². The molecular weight excluding hydrogens is 614 g/mol. The minimum atomic E-state index is -1.62. The third-order valence-corrected chi connectivity index (χ3v) is 7.21. The van der Waals surface area contributed by atoms with Gasteiger partial charge < -0.3 is 44.2 Å². The number of nitrogens with one attached hydrogen (secondary N) is 2. The number of amides is 3. The summed E-state index contributed by atoms with van der Waals surface area (Å²) >= 11 is 6.69. The highest BCUT2D eigenvalue weighted by atomic mass is 35.5. The molecule has 1 unspecified atom stereocenters. The van der Waals surface area contributed by atoms with Crippen LogP contribution in [0.1, 0.15) is 59.6 Å².